The van der Waals surface area contributed by atoms with Crippen LogP contribution in [0.1, 0.15) is 174 Å². The molecule has 0 aromatic rings. The summed E-state index contributed by atoms with van der Waals surface area (Å²) in [7, 11) is 0. The summed E-state index contributed by atoms with van der Waals surface area (Å²) in [5.41, 5.74) is 0. The maximum Gasteiger partial charge on any atom is 0.143 e. The van der Waals surface area contributed by atoms with Gasteiger partial charge >= 0.3 is 0 Å². The van der Waals surface area contributed by atoms with Gasteiger partial charge in [-0.2, -0.15) is 0 Å². The molecule has 0 bridgehead atoms. The van der Waals surface area contributed by atoms with Crippen molar-refractivity contribution in [2.24, 2.45) is 5.92 Å². The Morgan fingerprint density at radius 3 is 1.47 bits per heavy atom. The van der Waals surface area contributed by atoms with Crippen LogP contribution in [0.2, 0.25) is 0 Å². The smallest absolute Gasteiger partial charge is 0.143 e. The molecule has 1 atom stereocenters. The molecule has 0 N–H and O–H groups in total. The van der Waals surface area contributed by atoms with Gasteiger partial charge in [0.25, 0.3) is 0 Å². The Labute approximate surface area is 226 Å². The highest BCUT2D eigenvalue weighted by Crippen LogP contribution is 2.16. The van der Waals surface area contributed by atoms with E-state index in [2.05, 4.69) is 38.2 Å². The predicted molar refractivity (Wildman–Crippen MR) is 160 cm³/mol. The summed E-state index contributed by atoms with van der Waals surface area (Å²) in [6.45, 7) is 4.52. The molecule has 0 aromatic carbocycles. The molecule has 2 nitrogen and oxygen atoms in total. The summed E-state index contributed by atoms with van der Waals surface area (Å²) < 4.78 is 0. The number of hydrogen-bond donors (Lipinski definition) is 0. The number of carbonyl (C=O) groups is 2. The SMILES string of the molecule is CCCCC/C=C\C/C=C\CCCCCCC(C=O)C(=O)CCCCCCCCCCCCCCC. The summed E-state index contributed by atoms with van der Waals surface area (Å²) in [4.78, 5) is 23.8. The molecule has 0 aliphatic rings. The summed E-state index contributed by atoms with van der Waals surface area (Å²) in [5.74, 6) is -0.176. The van der Waals surface area contributed by atoms with Crippen molar-refractivity contribution in [2.75, 3.05) is 0 Å². The Kier molecular flexibility index (Phi) is 29.1. The molecule has 210 valence electrons. The summed E-state index contributed by atoms with van der Waals surface area (Å²) >= 11 is 0. The summed E-state index contributed by atoms with van der Waals surface area (Å²) in [5, 5.41) is 0. The van der Waals surface area contributed by atoms with Crippen molar-refractivity contribution in [3.63, 3.8) is 0 Å². The fourth-order valence-corrected chi connectivity index (χ4v) is 4.81. The van der Waals surface area contributed by atoms with Crippen LogP contribution in [0.15, 0.2) is 24.3 Å². The van der Waals surface area contributed by atoms with E-state index in [4.69, 9.17) is 0 Å². The van der Waals surface area contributed by atoms with Gasteiger partial charge in [0, 0.05) is 6.42 Å². The molecular formula is C34H62O2. The number of aldehydes is 1. The van der Waals surface area contributed by atoms with Crippen LogP contribution in [0.3, 0.4) is 0 Å². The van der Waals surface area contributed by atoms with Crippen molar-refractivity contribution in [3.05, 3.63) is 24.3 Å². The van der Waals surface area contributed by atoms with Crippen LogP contribution in [0, 0.1) is 5.92 Å². The van der Waals surface area contributed by atoms with Gasteiger partial charge in [-0.25, -0.2) is 0 Å². The quantitative estimate of drug-likeness (QED) is 0.0441. The zero-order valence-corrected chi connectivity index (χ0v) is 24.5. The van der Waals surface area contributed by atoms with Crippen molar-refractivity contribution in [1.82, 2.24) is 0 Å². The Morgan fingerprint density at radius 1 is 0.528 bits per heavy atom. The number of allylic oxidation sites excluding steroid dienone is 4. The predicted octanol–water partition coefficient (Wildman–Crippen LogP) is 11.3. The fraction of sp³-hybridized carbons (Fsp3) is 0.824. The van der Waals surface area contributed by atoms with Crippen molar-refractivity contribution < 1.29 is 9.59 Å². The molecule has 0 saturated carbocycles. The number of Topliss-reactive ketones (excluding diaryl/α,β-unsaturated/α-hetero) is 1. The molecule has 0 saturated heterocycles. The van der Waals surface area contributed by atoms with E-state index in [1.165, 1.54) is 109 Å². The molecule has 0 aliphatic heterocycles. The highest BCUT2D eigenvalue weighted by Gasteiger charge is 2.16. The lowest BCUT2D eigenvalue weighted by molar-refractivity contribution is -0.127. The second-order valence-corrected chi connectivity index (χ2v) is 10.9. The normalized spacial score (nSPS) is 12.6. The molecule has 2 heteroatoms. The van der Waals surface area contributed by atoms with Crippen LogP contribution in [0.5, 0.6) is 0 Å². The molecule has 0 spiro atoms. The average Bonchev–Trinajstić information content (AvgIpc) is 2.89. The lowest BCUT2D eigenvalue weighted by Crippen LogP contribution is -2.15. The maximum atomic E-state index is 12.4. The van der Waals surface area contributed by atoms with E-state index in [0.29, 0.717) is 6.42 Å². The molecule has 0 rings (SSSR count). The van der Waals surface area contributed by atoms with Gasteiger partial charge in [0.15, 0.2) is 0 Å². The Hall–Kier alpha value is -1.18. The highest BCUT2D eigenvalue weighted by molar-refractivity contribution is 5.93. The molecule has 36 heavy (non-hydrogen) atoms. The number of carbonyl (C=O) groups excluding carboxylic acids is 2. The standard InChI is InChI=1S/C34H62O2/c1-3-5-7-9-11-13-15-17-19-20-22-24-26-28-30-33(32-35)34(36)31-29-27-25-23-21-18-16-14-12-10-8-6-4-2/h11,13,17,19,32-33H,3-10,12,14-16,18,20-31H2,1-2H3/b13-11-,19-17-. The van der Waals surface area contributed by atoms with E-state index in [1.54, 1.807) is 0 Å². The zero-order chi connectivity index (χ0) is 26.4. The first-order valence-corrected chi connectivity index (χ1v) is 16.0. The molecule has 0 aliphatic carbocycles. The summed E-state index contributed by atoms with van der Waals surface area (Å²) in [6.07, 6.45) is 40.4. The van der Waals surface area contributed by atoms with E-state index < -0.39 is 0 Å². The number of hydrogen-bond acceptors (Lipinski definition) is 2. The largest absolute Gasteiger partial charge is 0.303 e. The molecule has 0 fully saturated rings. The summed E-state index contributed by atoms with van der Waals surface area (Å²) in [6, 6.07) is 0. The van der Waals surface area contributed by atoms with Crippen molar-refractivity contribution in [2.45, 2.75) is 174 Å². The van der Waals surface area contributed by atoms with Crippen molar-refractivity contribution in [1.29, 1.82) is 0 Å². The third-order valence-electron chi connectivity index (χ3n) is 7.32. The van der Waals surface area contributed by atoms with Crippen LogP contribution >= 0.6 is 0 Å². The Bertz CT molecular complexity index is 519. The van der Waals surface area contributed by atoms with E-state index in [0.717, 1.165) is 51.2 Å². The van der Waals surface area contributed by atoms with Crippen molar-refractivity contribution in [3.8, 4) is 0 Å². The monoisotopic (exact) mass is 502 g/mol. The average molecular weight is 503 g/mol. The first-order valence-electron chi connectivity index (χ1n) is 16.0. The molecule has 1 unspecified atom stereocenters. The van der Waals surface area contributed by atoms with Gasteiger partial charge < -0.3 is 4.79 Å². The number of ketones is 1. The van der Waals surface area contributed by atoms with Crippen molar-refractivity contribution >= 4 is 12.1 Å². The lowest BCUT2D eigenvalue weighted by atomic mass is 9.94. The molecular weight excluding hydrogens is 440 g/mol. The topological polar surface area (TPSA) is 34.1 Å². The number of rotatable bonds is 29. The van der Waals surface area contributed by atoms with Gasteiger partial charge in [0.2, 0.25) is 0 Å². The van der Waals surface area contributed by atoms with Crippen LogP contribution in [0.4, 0.5) is 0 Å². The van der Waals surface area contributed by atoms with Gasteiger partial charge in [-0.3, -0.25) is 4.79 Å². The minimum absolute atomic E-state index is 0.179. The van der Waals surface area contributed by atoms with Gasteiger partial charge in [0.1, 0.15) is 12.1 Å². The van der Waals surface area contributed by atoms with E-state index in [-0.39, 0.29) is 11.7 Å². The Balaban J connectivity index is 3.52. The van der Waals surface area contributed by atoms with Crippen LogP contribution in [-0.4, -0.2) is 12.1 Å². The van der Waals surface area contributed by atoms with Gasteiger partial charge in [-0.1, -0.05) is 147 Å². The van der Waals surface area contributed by atoms with Crippen LogP contribution in [-0.2, 0) is 9.59 Å². The van der Waals surface area contributed by atoms with E-state index in [1.807, 2.05) is 0 Å². The molecule has 0 heterocycles. The molecule has 0 aromatic heterocycles. The fourth-order valence-electron chi connectivity index (χ4n) is 4.81. The third kappa shape index (κ3) is 25.9. The second kappa shape index (κ2) is 30.0. The van der Waals surface area contributed by atoms with E-state index >= 15 is 0 Å². The van der Waals surface area contributed by atoms with Gasteiger partial charge in [0.05, 0.1) is 5.92 Å². The van der Waals surface area contributed by atoms with Crippen LogP contribution < -0.4 is 0 Å². The van der Waals surface area contributed by atoms with Gasteiger partial charge in [-0.15, -0.1) is 0 Å². The minimum Gasteiger partial charge on any atom is -0.303 e. The van der Waals surface area contributed by atoms with Crippen LogP contribution in [0.25, 0.3) is 0 Å². The van der Waals surface area contributed by atoms with Gasteiger partial charge in [-0.05, 0) is 44.9 Å². The Morgan fingerprint density at radius 2 is 0.944 bits per heavy atom. The first-order chi connectivity index (χ1) is 17.8. The number of unbranched alkanes of at least 4 members (excludes halogenated alkanes) is 19. The lowest BCUT2D eigenvalue weighted by Gasteiger charge is -2.09. The molecule has 0 amide bonds. The van der Waals surface area contributed by atoms with E-state index in [9.17, 15) is 9.59 Å². The minimum atomic E-state index is -0.355. The maximum absolute atomic E-state index is 12.4. The third-order valence-corrected chi connectivity index (χ3v) is 7.32. The zero-order valence-electron chi connectivity index (χ0n) is 24.5. The first kappa shape index (κ1) is 34.8. The second-order valence-electron chi connectivity index (χ2n) is 10.9. The highest BCUT2D eigenvalue weighted by atomic mass is 16.1. The molecule has 0 radical (unpaired) electrons.